The molecular weight excluding hydrogens is 210 g/mol. The maximum Gasteiger partial charge on any atom is 0.125 e. The van der Waals surface area contributed by atoms with Crippen molar-refractivity contribution >= 4 is 11.6 Å². The van der Waals surface area contributed by atoms with Crippen molar-refractivity contribution in [1.82, 2.24) is 0 Å². The number of hydrogen-bond donors (Lipinski definition) is 1. The van der Waals surface area contributed by atoms with Gasteiger partial charge in [-0.2, -0.15) is 0 Å². The largest absolute Gasteiger partial charge is 0.493 e. The number of nitrogens with two attached hydrogens (primary N) is 1. The van der Waals surface area contributed by atoms with Crippen LogP contribution in [0, 0.1) is 5.92 Å². The average molecular weight is 228 g/mol. The lowest BCUT2D eigenvalue weighted by Gasteiger charge is -2.14. The molecule has 0 bridgehead atoms. The van der Waals surface area contributed by atoms with Crippen molar-refractivity contribution in [3.63, 3.8) is 0 Å². The summed E-state index contributed by atoms with van der Waals surface area (Å²) in [6, 6.07) is 5.63. The van der Waals surface area contributed by atoms with E-state index in [0.717, 1.165) is 17.7 Å². The molecule has 84 valence electrons. The maximum absolute atomic E-state index is 6.02. The van der Waals surface area contributed by atoms with Gasteiger partial charge < -0.3 is 10.5 Å². The highest BCUT2D eigenvalue weighted by atomic mass is 35.5. The molecule has 0 saturated heterocycles. The molecule has 0 aliphatic carbocycles. The van der Waals surface area contributed by atoms with Crippen LogP contribution in [-0.4, -0.2) is 6.61 Å². The second-order valence-electron chi connectivity index (χ2n) is 3.75. The van der Waals surface area contributed by atoms with Crippen molar-refractivity contribution in [2.75, 3.05) is 6.61 Å². The Morgan fingerprint density at radius 3 is 2.80 bits per heavy atom. The molecule has 0 radical (unpaired) electrons. The first-order chi connectivity index (χ1) is 7.19. The monoisotopic (exact) mass is 227 g/mol. The van der Waals surface area contributed by atoms with Crippen molar-refractivity contribution in [3.05, 3.63) is 28.8 Å². The third-order valence-electron chi connectivity index (χ3n) is 2.50. The summed E-state index contributed by atoms with van der Waals surface area (Å²) < 4.78 is 5.70. The minimum Gasteiger partial charge on any atom is -0.493 e. The number of hydrogen-bond acceptors (Lipinski definition) is 2. The fraction of sp³-hybridized carbons (Fsp3) is 0.500. The van der Waals surface area contributed by atoms with Crippen molar-refractivity contribution in [1.29, 1.82) is 0 Å². The number of ether oxygens (including phenoxy) is 1. The minimum atomic E-state index is 0.412. The SMILES string of the molecule is CCC(C)COc1cccc(Cl)c1CN. The zero-order chi connectivity index (χ0) is 11.3. The van der Waals surface area contributed by atoms with Crippen molar-refractivity contribution in [2.24, 2.45) is 11.7 Å². The number of rotatable bonds is 5. The lowest BCUT2D eigenvalue weighted by Crippen LogP contribution is -2.10. The first-order valence-corrected chi connectivity index (χ1v) is 5.67. The van der Waals surface area contributed by atoms with E-state index in [1.165, 1.54) is 0 Å². The summed E-state index contributed by atoms with van der Waals surface area (Å²) in [6.45, 7) is 5.43. The summed E-state index contributed by atoms with van der Waals surface area (Å²) in [6.07, 6.45) is 1.11. The molecule has 0 fully saturated rings. The molecule has 0 aromatic heterocycles. The van der Waals surface area contributed by atoms with E-state index in [-0.39, 0.29) is 0 Å². The smallest absolute Gasteiger partial charge is 0.125 e. The Bertz CT molecular complexity index is 314. The molecule has 3 heteroatoms. The van der Waals surface area contributed by atoms with Gasteiger partial charge in [0.05, 0.1) is 6.61 Å². The van der Waals surface area contributed by atoms with Gasteiger partial charge in [-0.05, 0) is 18.1 Å². The highest BCUT2D eigenvalue weighted by Gasteiger charge is 2.07. The lowest BCUT2D eigenvalue weighted by atomic mass is 10.1. The fourth-order valence-corrected chi connectivity index (χ4v) is 1.47. The summed E-state index contributed by atoms with van der Waals surface area (Å²) in [5, 5.41) is 0.680. The molecule has 1 aromatic carbocycles. The Hall–Kier alpha value is -0.730. The fourth-order valence-electron chi connectivity index (χ4n) is 1.22. The van der Waals surface area contributed by atoms with Crippen molar-refractivity contribution < 1.29 is 4.74 Å². The van der Waals surface area contributed by atoms with Gasteiger partial charge in [0.2, 0.25) is 0 Å². The van der Waals surface area contributed by atoms with Gasteiger partial charge >= 0.3 is 0 Å². The maximum atomic E-state index is 6.02. The zero-order valence-electron chi connectivity index (χ0n) is 9.29. The zero-order valence-corrected chi connectivity index (χ0v) is 10.1. The normalized spacial score (nSPS) is 12.5. The minimum absolute atomic E-state index is 0.412. The third-order valence-corrected chi connectivity index (χ3v) is 2.85. The lowest BCUT2D eigenvalue weighted by molar-refractivity contribution is 0.254. The summed E-state index contributed by atoms with van der Waals surface area (Å²) in [5.74, 6) is 1.36. The summed E-state index contributed by atoms with van der Waals surface area (Å²) in [7, 11) is 0. The molecule has 2 N–H and O–H groups in total. The van der Waals surface area contributed by atoms with Crippen LogP contribution in [0.4, 0.5) is 0 Å². The molecule has 0 amide bonds. The van der Waals surface area contributed by atoms with Gasteiger partial charge in [0.15, 0.2) is 0 Å². The first-order valence-electron chi connectivity index (χ1n) is 5.29. The van der Waals surface area contributed by atoms with E-state index < -0.39 is 0 Å². The molecule has 0 aliphatic heterocycles. The van der Waals surface area contributed by atoms with E-state index in [4.69, 9.17) is 22.1 Å². The quantitative estimate of drug-likeness (QED) is 0.838. The predicted octanol–water partition coefficient (Wildman–Crippen LogP) is 3.22. The van der Waals surface area contributed by atoms with Crippen LogP contribution in [-0.2, 0) is 6.54 Å². The molecule has 0 spiro atoms. The molecule has 2 nitrogen and oxygen atoms in total. The Morgan fingerprint density at radius 2 is 2.20 bits per heavy atom. The molecular formula is C12H18ClNO. The highest BCUT2D eigenvalue weighted by Crippen LogP contribution is 2.26. The van der Waals surface area contributed by atoms with Crippen LogP contribution in [0.3, 0.4) is 0 Å². The Morgan fingerprint density at radius 1 is 1.47 bits per heavy atom. The summed E-state index contributed by atoms with van der Waals surface area (Å²) in [5.41, 5.74) is 6.52. The second kappa shape index (κ2) is 5.99. The van der Waals surface area contributed by atoms with Crippen LogP contribution < -0.4 is 10.5 Å². The Kier molecular flexibility index (Phi) is 4.92. The molecule has 1 unspecified atom stereocenters. The number of halogens is 1. The molecule has 15 heavy (non-hydrogen) atoms. The van der Waals surface area contributed by atoms with Gasteiger partial charge in [-0.3, -0.25) is 0 Å². The van der Waals surface area contributed by atoms with Crippen LogP contribution in [0.2, 0.25) is 5.02 Å². The van der Waals surface area contributed by atoms with Crippen LogP contribution in [0.1, 0.15) is 25.8 Å². The van der Waals surface area contributed by atoms with Gasteiger partial charge in [-0.25, -0.2) is 0 Å². The molecule has 0 saturated carbocycles. The standard InChI is InChI=1S/C12H18ClNO/c1-3-9(2)8-15-12-6-4-5-11(13)10(12)7-14/h4-6,9H,3,7-8,14H2,1-2H3. The summed E-state index contributed by atoms with van der Waals surface area (Å²) >= 11 is 6.02. The van der Waals surface area contributed by atoms with Gasteiger partial charge in [-0.15, -0.1) is 0 Å². The third kappa shape index (κ3) is 3.40. The molecule has 1 rings (SSSR count). The Labute approximate surface area is 96.4 Å². The highest BCUT2D eigenvalue weighted by molar-refractivity contribution is 6.31. The van der Waals surface area contributed by atoms with E-state index >= 15 is 0 Å². The second-order valence-corrected chi connectivity index (χ2v) is 4.15. The van der Waals surface area contributed by atoms with E-state index in [9.17, 15) is 0 Å². The van der Waals surface area contributed by atoms with E-state index in [1.54, 1.807) is 0 Å². The molecule has 1 atom stereocenters. The average Bonchev–Trinajstić information content (AvgIpc) is 2.25. The summed E-state index contributed by atoms with van der Waals surface area (Å²) in [4.78, 5) is 0. The van der Waals surface area contributed by atoms with E-state index in [1.807, 2.05) is 18.2 Å². The van der Waals surface area contributed by atoms with E-state index in [0.29, 0.717) is 24.1 Å². The van der Waals surface area contributed by atoms with Crippen molar-refractivity contribution in [2.45, 2.75) is 26.8 Å². The van der Waals surface area contributed by atoms with Crippen LogP contribution in [0.15, 0.2) is 18.2 Å². The van der Waals surface area contributed by atoms with E-state index in [2.05, 4.69) is 13.8 Å². The van der Waals surface area contributed by atoms with Crippen LogP contribution >= 0.6 is 11.6 Å². The van der Waals surface area contributed by atoms with Gasteiger partial charge in [-0.1, -0.05) is 37.9 Å². The number of benzene rings is 1. The van der Waals surface area contributed by atoms with Crippen LogP contribution in [0.25, 0.3) is 0 Å². The molecule has 1 aromatic rings. The predicted molar refractivity (Wildman–Crippen MR) is 64.3 cm³/mol. The molecule has 0 heterocycles. The Balaban J connectivity index is 2.72. The first kappa shape index (κ1) is 12.3. The van der Waals surface area contributed by atoms with Gasteiger partial charge in [0.25, 0.3) is 0 Å². The van der Waals surface area contributed by atoms with Crippen molar-refractivity contribution in [3.8, 4) is 5.75 Å². The topological polar surface area (TPSA) is 35.2 Å². The van der Waals surface area contributed by atoms with Crippen LogP contribution in [0.5, 0.6) is 5.75 Å². The molecule has 0 aliphatic rings. The van der Waals surface area contributed by atoms with Gasteiger partial charge in [0, 0.05) is 17.1 Å². The van der Waals surface area contributed by atoms with Gasteiger partial charge in [0.1, 0.15) is 5.75 Å².